The standard InChI is InChI=1S/C29H32FN5O7S/c1-40-29(37)34-11-10-18(15-34)27-32-26(33-42-27)21-12-24-25(13-22(21)30)43(38,39)16-23(31)28(36)35(24)14-17-6-8-20(9-7-17)41-19-4-2-3-5-19/h6-9,12-13,18-19,23H,2-5,10-11,14-16,31H2,1H3/t18?,23-/m0/s1. The summed E-state index contributed by atoms with van der Waals surface area (Å²) in [6.45, 7) is 0.724. The van der Waals surface area contributed by atoms with E-state index in [1.165, 1.54) is 23.0 Å². The van der Waals surface area contributed by atoms with Crippen molar-refractivity contribution in [2.45, 2.75) is 61.6 Å². The molecule has 1 aliphatic carbocycles. The molecule has 2 N–H and O–H groups in total. The predicted octanol–water partition coefficient (Wildman–Crippen LogP) is 3.40. The maximum Gasteiger partial charge on any atom is 0.409 e. The van der Waals surface area contributed by atoms with Crippen molar-refractivity contribution in [2.24, 2.45) is 5.73 Å². The molecule has 0 bridgehead atoms. The molecule has 3 aliphatic rings. The number of carbonyl (C=O) groups is 2. The van der Waals surface area contributed by atoms with E-state index in [-0.39, 0.29) is 46.4 Å². The second-order valence-electron chi connectivity index (χ2n) is 11.1. The van der Waals surface area contributed by atoms with Crippen molar-refractivity contribution in [3.8, 4) is 17.1 Å². The van der Waals surface area contributed by atoms with E-state index in [9.17, 15) is 18.0 Å². The number of amides is 2. The molecule has 1 saturated heterocycles. The van der Waals surface area contributed by atoms with Crippen LogP contribution in [0, 0.1) is 5.82 Å². The molecular weight excluding hydrogens is 581 g/mol. The molecule has 1 saturated carbocycles. The summed E-state index contributed by atoms with van der Waals surface area (Å²) in [4.78, 5) is 32.1. The van der Waals surface area contributed by atoms with Crippen molar-refractivity contribution in [1.29, 1.82) is 0 Å². The average molecular weight is 614 g/mol. The number of hydrogen-bond acceptors (Lipinski definition) is 10. The summed E-state index contributed by atoms with van der Waals surface area (Å²) < 4.78 is 58.1. The molecule has 0 radical (unpaired) electrons. The van der Waals surface area contributed by atoms with E-state index in [4.69, 9.17) is 19.7 Å². The second kappa shape index (κ2) is 11.6. The highest BCUT2D eigenvalue weighted by Crippen LogP contribution is 2.37. The number of aromatic nitrogens is 2. The van der Waals surface area contributed by atoms with Gasteiger partial charge in [0.1, 0.15) is 11.6 Å². The first-order valence-electron chi connectivity index (χ1n) is 14.2. The average Bonchev–Trinajstić information content (AvgIpc) is 3.77. The van der Waals surface area contributed by atoms with Crippen molar-refractivity contribution >= 4 is 27.5 Å². The molecule has 12 nitrogen and oxygen atoms in total. The number of nitrogens with zero attached hydrogens (tertiary/aromatic N) is 4. The Labute approximate surface area is 247 Å². The third-order valence-corrected chi connectivity index (χ3v) is 9.97. The number of carbonyl (C=O) groups excluding carboxylic acids is 2. The highest BCUT2D eigenvalue weighted by Gasteiger charge is 2.38. The third-order valence-electron chi connectivity index (χ3n) is 8.18. The number of rotatable bonds is 6. The largest absolute Gasteiger partial charge is 0.490 e. The van der Waals surface area contributed by atoms with E-state index >= 15 is 4.39 Å². The second-order valence-corrected chi connectivity index (χ2v) is 13.1. The number of anilines is 1. The normalized spacial score (nSPS) is 22.0. The van der Waals surface area contributed by atoms with Crippen LogP contribution in [0.5, 0.6) is 5.75 Å². The van der Waals surface area contributed by atoms with E-state index in [1.807, 2.05) is 12.1 Å². The molecule has 228 valence electrons. The number of hydrogen-bond donors (Lipinski definition) is 1. The van der Waals surface area contributed by atoms with Crippen LogP contribution in [-0.2, 0) is 25.9 Å². The van der Waals surface area contributed by atoms with Crippen LogP contribution < -0.4 is 15.4 Å². The van der Waals surface area contributed by atoms with Gasteiger partial charge >= 0.3 is 6.09 Å². The Morgan fingerprint density at radius 2 is 1.91 bits per heavy atom. The van der Waals surface area contributed by atoms with Gasteiger partial charge in [0, 0.05) is 13.1 Å². The monoisotopic (exact) mass is 613 g/mol. The Hall–Kier alpha value is -4.04. The van der Waals surface area contributed by atoms with E-state index in [2.05, 4.69) is 10.1 Å². The number of benzene rings is 2. The molecule has 2 aromatic carbocycles. The van der Waals surface area contributed by atoms with Gasteiger partial charge in [0.05, 0.1) is 53.6 Å². The summed E-state index contributed by atoms with van der Waals surface area (Å²) in [7, 11) is -2.82. The van der Waals surface area contributed by atoms with Crippen molar-refractivity contribution in [1.82, 2.24) is 15.0 Å². The first kappa shape index (κ1) is 29.1. The fraction of sp³-hybridized carbons (Fsp3) is 0.448. The van der Waals surface area contributed by atoms with Gasteiger partial charge in [-0.3, -0.25) is 4.79 Å². The molecule has 1 unspecified atom stereocenters. The van der Waals surface area contributed by atoms with Gasteiger partial charge in [-0.2, -0.15) is 4.98 Å². The Morgan fingerprint density at radius 1 is 1.16 bits per heavy atom. The van der Waals surface area contributed by atoms with Gasteiger partial charge in [-0.25, -0.2) is 17.6 Å². The lowest BCUT2D eigenvalue weighted by atomic mass is 10.1. The van der Waals surface area contributed by atoms with Gasteiger partial charge < -0.3 is 29.5 Å². The highest BCUT2D eigenvalue weighted by atomic mass is 32.2. The molecule has 6 rings (SSSR count). The maximum absolute atomic E-state index is 15.5. The topological polar surface area (TPSA) is 158 Å². The zero-order valence-electron chi connectivity index (χ0n) is 23.6. The van der Waals surface area contributed by atoms with Crippen molar-refractivity contribution in [3.63, 3.8) is 0 Å². The lowest BCUT2D eigenvalue weighted by Crippen LogP contribution is -2.45. The minimum atomic E-state index is -4.11. The molecule has 0 spiro atoms. The van der Waals surface area contributed by atoms with Crippen LogP contribution in [-0.4, -0.2) is 73.6 Å². The molecule has 43 heavy (non-hydrogen) atoms. The number of halogens is 1. The third kappa shape index (κ3) is 5.80. The van der Waals surface area contributed by atoms with E-state index < -0.39 is 39.4 Å². The first-order valence-corrected chi connectivity index (χ1v) is 15.8. The fourth-order valence-corrected chi connectivity index (χ4v) is 7.44. The summed E-state index contributed by atoms with van der Waals surface area (Å²) in [5.41, 5.74) is 6.58. The Kier molecular flexibility index (Phi) is 7.81. The molecule has 2 amide bonds. The fourth-order valence-electron chi connectivity index (χ4n) is 5.88. The Bertz CT molecular complexity index is 1640. The summed E-state index contributed by atoms with van der Waals surface area (Å²) in [6.07, 6.45) is 4.58. The first-order chi connectivity index (χ1) is 20.6. The number of ether oxygens (including phenoxy) is 2. The van der Waals surface area contributed by atoms with Gasteiger partial charge in [-0.1, -0.05) is 17.3 Å². The number of nitrogens with two attached hydrogens (primary N) is 1. The summed E-state index contributed by atoms with van der Waals surface area (Å²) in [5.74, 6) is -1.64. The van der Waals surface area contributed by atoms with E-state index in [1.54, 1.807) is 12.1 Å². The van der Waals surface area contributed by atoms with Crippen LogP contribution in [0.25, 0.3) is 11.4 Å². The smallest absolute Gasteiger partial charge is 0.409 e. The summed E-state index contributed by atoms with van der Waals surface area (Å²) in [5, 5.41) is 3.93. The molecule has 3 aromatic rings. The molecule has 2 aliphatic heterocycles. The van der Waals surface area contributed by atoms with Crippen molar-refractivity contribution < 1.29 is 36.4 Å². The minimum absolute atomic E-state index is 0.00718. The van der Waals surface area contributed by atoms with Gasteiger partial charge in [-0.15, -0.1) is 0 Å². The van der Waals surface area contributed by atoms with Crippen molar-refractivity contribution in [3.05, 3.63) is 53.7 Å². The van der Waals surface area contributed by atoms with Crippen LogP contribution in [0.1, 0.15) is 49.5 Å². The zero-order chi connectivity index (χ0) is 30.3. The van der Waals surface area contributed by atoms with Crippen LogP contribution in [0.2, 0.25) is 0 Å². The quantitative estimate of drug-likeness (QED) is 0.437. The van der Waals surface area contributed by atoms with Crippen LogP contribution in [0.4, 0.5) is 14.9 Å². The predicted molar refractivity (Wildman–Crippen MR) is 152 cm³/mol. The number of methoxy groups -OCH3 is 1. The van der Waals surface area contributed by atoms with Gasteiger partial charge in [0.25, 0.3) is 0 Å². The molecular formula is C29H32FN5O7S. The van der Waals surface area contributed by atoms with Crippen LogP contribution >= 0.6 is 0 Å². The molecule has 2 fully saturated rings. The summed E-state index contributed by atoms with van der Waals surface area (Å²) in [6, 6.07) is 8.02. The van der Waals surface area contributed by atoms with Gasteiger partial charge in [0.2, 0.25) is 17.6 Å². The summed E-state index contributed by atoms with van der Waals surface area (Å²) >= 11 is 0. The van der Waals surface area contributed by atoms with Gasteiger partial charge in [0.15, 0.2) is 9.84 Å². The lowest BCUT2D eigenvalue weighted by Gasteiger charge is -2.25. The van der Waals surface area contributed by atoms with E-state index in [0.29, 0.717) is 30.8 Å². The Balaban J connectivity index is 1.31. The number of likely N-dealkylation sites (tertiary alicyclic amines) is 1. The minimum Gasteiger partial charge on any atom is -0.490 e. The zero-order valence-corrected chi connectivity index (χ0v) is 24.4. The SMILES string of the molecule is COC(=O)N1CCC(c2nc(-c3cc4c(cc3F)S(=O)(=O)C[C@H](N)C(=O)N4Cc3ccc(OC4CCCC4)cc3)no2)C1. The number of fused-ring (bicyclic) bond motifs is 1. The van der Waals surface area contributed by atoms with Gasteiger partial charge in [-0.05, 0) is 61.9 Å². The van der Waals surface area contributed by atoms with Crippen LogP contribution in [0.3, 0.4) is 0 Å². The van der Waals surface area contributed by atoms with E-state index in [0.717, 1.165) is 31.7 Å². The molecule has 3 heterocycles. The molecule has 14 heteroatoms. The Morgan fingerprint density at radius 3 is 2.63 bits per heavy atom. The lowest BCUT2D eigenvalue weighted by molar-refractivity contribution is -0.119. The number of sulfone groups is 1. The molecule has 2 atom stereocenters. The maximum atomic E-state index is 15.5. The highest BCUT2D eigenvalue weighted by molar-refractivity contribution is 7.91. The molecule has 1 aromatic heterocycles. The van der Waals surface area contributed by atoms with Crippen molar-refractivity contribution in [2.75, 3.05) is 30.9 Å². The van der Waals surface area contributed by atoms with Crippen LogP contribution in [0.15, 0.2) is 45.8 Å².